The zero-order valence-corrected chi connectivity index (χ0v) is 13.4. The van der Waals surface area contributed by atoms with Crippen molar-refractivity contribution in [1.29, 1.82) is 5.26 Å². The third-order valence-electron chi connectivity index (χ3n) is 3.62. The standard InChI is InChI=1S/C18H16N6/c1-11(2)18-22-9-13(10-23-18)14-6-16(12-4-3-5-21-8-12)24-17(20)15(14)7-19/h3-6,8-11H,1-2H3,(H2,20,24). The molecule has 3 rings (SSSR count). The Morgan fingerprint density at radius 2 is 1.88 bits per heavy atom. The van der Waals surface area contributed by atoms with E-state index in [9.17, 15) is 5.26 Å². The van der Waals surface area contributed by atoms with Crippen molar-refractivity contribution in [3.63, 3.8) is 0 Å². The van der Waals surface area contributed by atoms with Crippen molar-refractivity contribution < 1.29 is 0 Å². The van der Waals surface area contributed by atoms with Gasteiger partial charge in [-0.3, -0.25) is 4.98 Å². The Morgan fingerprint density at radius 1 is 1.12 bits per heavy atom. The average molecular weight is 316 g/mol. The molecule has 118 valence electrons. The Bertz CT molecular complexity index is 895. The molecule has 0 amide bonds. The second-order valence-corrected chi connectivity index (χ2v) is 5.65. The highest BCUT2D eigenvalue weighted by atomic mass is 14.9. The van der Waals surface area contributed by atoms with Gasteiger partial charge >= 0.3 is 0 Å². The minimum atomic E-state index is 0.182. The van der Waals surface area contributed by atoms with Crippen LogP contribution >= 0.6 is 0 Å². The number of anilines is 1. The quantitative estimate of drug-likeness (QED) is 0.796. The van der Waals surface area contributed by atoms with Gasteiger partial charge in [-0.15, -0.1) is 0 Å². The number of nitriles is 1. The van der Waals surface area contributed by atoms with E-state index in [4.69, 9.17) is 5.73 Å². The summed E-state index contributed by atoms with van der Waals surface area (Å²) in [5, 5.41) is 9.44. The van der Waals surface area contributed by atoms with Crippen LogP contribution in [0.25, 0.3) is 22.4 Å². The predicted molar refractivity (Wildman–Crippen MR) is 91.7 cm³/mol. The predicted octanol–water partition coefficient (Wildman–Crippen LogP) is 3.18. The second kappa shape index (κ2) is 6.42. The van der Waals surface area contributed by atoms with E-state index in [0.29, 0.717) is 16.8 Å². The van der Waals surface area contributed by atoms with E-state index in [2.05, 4.69) is 26.0 Å². The molecule has 6 heteroatoms. The molecule has 0 aliphatic carbocycles. The van der Waals surface area contributed by atoms with Crippen LogP contribution in [0.5, 0.6) is 0 Å². The van der Waals surface area contributed by atoms with Crippen molar-refractivity contribution in [1.82, 2.24) is 19.9 Å². The van der Waals surface area contributed by atoms with E-state index in [0.717, 1.165) is 17.0 Å². The highest BCUT2D eigenvalue weighted by Gasteiger charge is 2.14. The van der Waals surface area contributed by atoms with Gasteiger partial charge in [0.25, 0.3) is 0 Å². The average Bonchev–Trinajstić information content (AvgIpc) is 2.62. The summed E-state index contributed by atoms with van der Waals surface area (Å²) in [4.78, 5) is 17.2. The summed E-state index contributed by atoms with van der Waals surface area (Å²) >= 11 is 0. The van der Waals surface area contributed by atoms with E-state index in [1.807, 2.05) is 32.0 Å². The first-order valence-corrected chi connectivity index (χ1v) is 7.53. The summed E-state index contributed by atoms with van der Waals surface area (Å²) in [7, 11) is 0. The van der Waals surface area contributed by atoms with Crippen LogP contribution in [0, 0.1) is 11.3 Å². The maximum absolute atomic E-state index is 9.44. The van der Waals surface area contributed by atoms with Crippen molar-refractivity contribution >= 4 is 5.82 Å². The topological polar surface area (TPSA) is 101 Å². The van der Waals surface area contributed by atoms with Crippen LogP contribution in [0.15, 0.2) is 43.0 Å². The highest BCUT2D eigenvalue weighted by molar-refractivity contribution is 5.79. The number of rotatable bonds is 3. The van der Waals surface area contributed by atoms with E-state index < -0.39 is 0 Å². The molecule has 24 heavy (non-hydrogen) atoms. The van der Waals surface area contributed by atoms with E-state index >= 15 is 0 Å². The van der Waals surface area contributed by atoms with Gasteiger partial charge in [0.05, 0.1) is 5.69 Å². The minimum Gasteiger partial charge on any atom is -0.383 e. The van der Waals surface area contributed by atoms with Gasteiger partial charge < -0.3 is 5.73 Å². The Kier molecular flexibility index (Phi) is 4.17. The summed E-state index contributed by atoms with van der Waals surface area (Å²) in [6.45, 7) is 4.06. The van der Waals surface area contributed by atoms with Gasteiger partial charge in [0.2, 0.25) is 0 Å². The van der Waals surface area contributed by atoms with Gasteiger partial charge in [-0.1, -0.05) is 13.8 Å². The molecule has 0 saturated carbocycles. The van der Waals surface area contributed by atoms with Crippen molar-refractivity contribution in [3.05, 3.63) is 54.4 Å². The normalized spacial score (nSPS) is 10.6. The Hall–Kier alpha value is -3.33. The first-order chi connectivity index (χ1) is 11.6. The summed E-state index contributed by atoms with van der Waals surface area (Å²) in [6, 6.07) is 7.66. The Labute approximate surface area is 140 Å². The molecule has 0 radical (unpaired) electrons. The van der Waals surface area contributed by atoms with Gasteiger partial charge in [-0.25, -0.2) is 15.0 Å². The summed E-state index contributed by atoms with van der Waals surface area (Å²) in [6.07, 6.45) is 6.82. The zero-order valence-electron chi connectivity index (χ0n) is 13.4. The number of aromatic nitrogens is 4. The maximum atomic E-state index is 9.44. The summed E-state index contributed by atoms with van der Waals surface area (Å²) < 4.78 is 0. The van der Waals surface area contributed by atoms with Crippen molar-refractivity contribution in [2.45, 2.75) is 19.8 Å². The largest absolute Gasteiger partial charge is 0.383 e. The fraction of sp³-hybridized carbons (Fsp3) is 0.167. The molecular weight excluding hydrogens is 300 g/mol. The van der Waals surface area contributed by atoms with Gasteiger partial charge in [-0.2, -0.15) is 5.26 Å². The number of nitrogens with two attached hydrogens (primary N) is 1. The lowest BCUT2D eigenvalue weighted by Crippen LogP contribution is -2.01. The summed E-state index contributed by atoms with van der Waals surface area (Å²) in [5.41, 5.74) is 9.19. The molecule has 3 heterocycles. The molecule has 0 unspecified atom stereocenters. The molecule has 0 aromatic carbocycles. The fourth-order valence-corrected chi connectivity index (χ4v) is 2.35. The molecule has 3 aromatic rings. The van der Waals surface area contributed by atoms with Crippen LogP contribution in [0.2, 0.25) is 0 Å². The molecule has 0 spiro atoms. The fourth-order valence-electron chi connectivity index (χ4n) is 2.35. The van der Waals surface area contributed by atoms with Gasteiger partial charge in [0.15, 0.2) is 0 Å². The molecule has 0 bridgehead atoms. The van der Waals surface area contributed by atoms with Crippen LogP contribution < -0.4 is 5.73 Å². The van der Waals surface area contributed by atoms with Crippen LogP contribution in [0.3, 0.4) is 0 Å². The third-order valence-corrected chi connectivity index (χ3v) is 3.62. The van der Waals surface area contributed by atoms with Crippen LogP contribution in [-0.2, 0) is 0 Å². The van der Waals surface area contributed by atoms with Crippen LogP contribution in [0.1, 0.15) is 31.2 Å². The Balaban J connectivity index is 2.15. The molecule has 0 saturated heterocycles. The monoisotopic (exact) mass is 316 g/mol. The van der Waals surface area contributed by atoms with Gasteiger partial charge in [0.1, 0.15) is 23.3 Å². The minimum absolute atomic E-state index is 0.182. The number of nitrogens with zero attached hydrogens (tertiary/aromatic N) is 5. The number of pyridine rings is 2. The lowest BCUT2D eigenvalue weighted by molar-refractivity contribution is 0.775. The summed E-state index contributed by atoms with van der Waals surface area (Å²) in [5.74, 6) is 1.18. The first-order valence-electron chi connectivity index (χ1n) is 7.53. The van der Waals surface area contributed by atoms with Crippen molar-refractivity contribution in [2.24, 2.45) is 0 Å². The third kappa shape index (κ3) is 2.92. The number of nitrogen functional groups attached to an aromatic ring is 1. The van der Waals surface area contributed by atoms with Crippen molar-refractivity contribution in [3.8, 4) is 28.5 Å². The lowest BCUT2D eigenvalue weighted by atomic mass is 10.0. The molecule has 0 fully saturated rings. The van der Waals surface area contributed by atoms with E-state index in [1.165, 1.54) is 0 Å². The van der Waals surface area contributed by atoms with E-state index in [-0.39, 0.29) is 11.7 Å². The molecule has 2 N–H and O–H groups in total. The number of hydrogen-bond acceptors (Lipinski definition) is 6. The smallest absolute Gasteiger partial charge is 0.142 e. The van der Waals surface area contributed by atoms with Gasteiger partial charge in [0, 0.05) is 47.4 Å². The molecule has 0 aliphatic rings. The first kappa shape index (κ1) is 15.6. The number of hydrogen-bond donors (Lipinski definition) is 1. The zero-order chi connectivity index (χ0) is 17.1. The van der Waals surface area contributed by atoms with Crippen LogP contribution in [-0.4, -0.2) is 19.9 Å². The molecular formula is C18H16N6. The molecule has 0 aliphatic heterocycles. The Morgan fingerprint density at radius 3 is 2.46 bits per heavy atom. The lowest BCUT2D eigenvalue weighted by Gasteiger charge is -2.10. The van der Waals surface area contributed by atoms with E-state index in [1.54, 1.807) is 24.8 Å². The van der Waals surface area contributed by atoms with Crippen molar-refractivity contribution in [2.75, 3.05) is 5.73 Å². The second-order valence-electron chi connectivity index (χ2n) is 5.65. The molecule has 6 nitrogen and oxygen atoms in total. The molecule has 0 atom stereocenters. The van der Waals surface area contributed by atoms with Crippen LogP contribution in [0.4, 0.5) is 5.82 Å². The SMILES string of the molecule is CC(C)c1ncc(-c2cc(-c3cccnc3)nc(N)c2C#N)cn1. The molecule has 3 aromatic heterocycles. The maximum Gasteiger partial charge on any atom is 0.142 e. The van der Waals surface area contributed by atoms with Gasteiger partial charge in [-0.05, 0) is 18.2 Å². The highest BCUT2D eigenvalue weighted by Crippen LogP contribution is 2.30.